The van der Waals surface area contributed by atoms with Crippen LogP contribution in [0.4, 0.5) is 0 Å². The maximum absolute atomic E-state index is 9.20. The molecule has 0 aromatic carbocycles. The Labute approximate surface area is 86.3 Å². The van der Waals surface area contributed by atoms with E-state index in [0.717, 1.165) is 11.8 Å². The van der Waals surface area contributed by atoms with Gasteiger partial charge in [0.25, 0.3) is 0 Å². The minimum absolute atomic E-state index is 0.209. The van der Waals surface area contributed by atoms with Gasteiger partial charge in [0.15, 0.2) is 0 Å². The maximum Gasteiger partial charge on any atom is 0.0599 e. The largest absolute Gasteiger partial charge is 0.395 e. The van der Waals surface area contributed by atoms with E-state index in [1.807, 2.05) is 0 Å². The van der Waals surface area contributed by atoms with Crippen molar-refractivity contribution in [2.45, 2.75) is 31.7 Å². The fraction of sp³-hybridized carbons (Fsp3) is 1.00. The maximum atomic E-state index is 9.20. The molecule has 1 heterocycles. The third-order valence-electron chi connectivity index (χ3n) is 4.00. The standard InChI is InChI=1S/C11H22N2O/c12-5-11(8-14)13-6-9-3-1-2-4-10(9)7-13/h9-11,14H,1-8,12H2. The molecule has 3 atom stereocenters. The van der Waals surface area contributed by atoms with E-state index in [2.05, 4.69) is 4.90 Å². The molecule has 0 aromatic rings. The number of aliphatic hydroxyl groups is 1. The first-order valence-electron chi connectivity index (χ1n) is 5.90. The van der Waals surface area contributed by atoms with Crippen molar-refractivity contribution in [3.8, 4) is 0 Å². The van der Waals surface area contributed by atoms with Crippen molar-refractivity contribution in [2.75, 3.05) is 26.2 Å². The van der Waals surface area contributed by atoms with Gasteiger partial charge in [-0.15, -0.1) is 0 Å². The molecule has 1 aliphatic heterocycles. The van der Waals surface area contributed by atoms with Crippen molar-refractivity contribution < 1.29 is 5.11 Å². The summed E-state index contributed by atoms with van der Waals surface area (Å²) in [6.07, 6.45) is 5.59. The van der Waals surface area contributed by atoms with Crippen LogP contribution < -0.4 is 5.73 Å². The van der Waals surface area contributed by atoms with Gasteiger partial charge in [-0.05, 0) is 24.7 Å². The minimum Gasteiger partial charge on any atom is -0.395 e. The molecule has 0 amide bonds. The molecule has 0 radical (unpaired) electrons. The smallest absolute Gasteiger partial charge is 0.0599 e. The molecule has 1 aliphatic carbocycles. The van der Waals surface area contributed by atoms with Gasteiger partial charge >= 0.3 is 0 Å². The van der Waals surface area contributed by atoms with E-state index in [4.69, 9.17) is 5.73 Å². The Bertz CT molecular complexity index is 168. The first-order chi connectivity index (χ1) is 6.85. The molecular formula is C11H22N2O. The van der Waals surface area contributed by atoms with Crippen LogP contribution >= 0.6 is 0 Å². The van der Waals surface area contributed by atoms with Gasteiger partial charge in [-0.25, -0.2) is 0 Å². The monoisotopic (exact) mass is 198 g/mol. The van der Waals surface area contributed by atoms with Gasteiger partial charge in [-0.1, -0.05) is 12.8 Å². The van der Waals surface area contributed by atoms with Crippen molar-refractivity contribution >= 4 is 0 Å². The molecule has 1 saturated heterocycles. The van der Waals surface area contributed by atoms with E-state index in [9.17, 15) is 5.11 Å². The summed E-state index contributed by atoms with van der Waals surface area (Å²) in [5.41, 5.74) is 5.65. The van der Waals surface area contributed by atoms with Crippen molar-refractivity contribution in [1.29, 1.82) is 0 Å². The fourth-order valence-corrected chi connectivity index (χ4v) is 3.08. The Morgan fingerprint density at radius 2 is 1.79 bits per heavy atom. The topological polar surface area (TPSA) is 49.5 Å². The van der Waals surface area contributed by atoms with E-state index < -0.39 is 0 Å². The summed E-state index contributed by atoms with van der Waals surface area (Å²) in [6.45, 7) is 3.16. The molecule has 0 bridgehead atoms. The van der Waals surface area contributed by atoms with Gasteiger partial charge in [0.05, 0.1) is 6.61 Å². The van der Waals surface area contributed by atoms with E-state index in [-0.39, 0.29) is 12.6 Å². The molecule has 3 N–H and O–H groups in total. The highest BCUT2D eigenvalue weighted by Gasteiger charge is 2.36. The van der Waals surface area contributed by atoms with Crippen molar-refractivity contribution in [3.05, 3.63) is 0 Å². The van der Waals surface area contributed by atoms with Crippen LogP contribution in [0.15, 0.2) is 0 Å². The minimum atomic E-state index is 0.209. The van der Waals surface area contributed by atoms with Gasteiger partial charge < -0.3 is 10.8 Å². The average Bonchev–Trinajstić information content (AvgIpc) is 2.63. The highest BCUT2D eigenvalue weighted by Crippen LogP contribution is 2.36. The highest BCUT2D eigenvalue weighted by molar-refractivity contribution is 4.89. The van der Waals surface area contributed by atoms with Crippen molar-refractivity contribution in [2.24, 2.45) is 17.6 Å². The number of rotatable bonds is 3. The summed E-state index contributed by atoms with van der Waals surface area (Å²) in [5.74, 6) is 1.79. The molecule has 2 fully saturated rings. The zero-order valence-corrected chi connectivity index (χ0v) is 8.86. The molecule has 2 aliphatic rings. The zero-order valence-electron chi connectivity index (χ0n) is 8.86. The Morgan fingerprint density at radius 3 is 2.21 bits per heavy atom. The number of hydrogen-bond acceptors (Lipinski definition) is 3. The summed E-state index contributed by atoms with van der Waals surface area (Å²) < 4.78 is 0. The molecule has 0 spiro atoms. The number of fused-ring (bicyclic) bond motifs is 1. The van der Waals surface area contributed by atoms with Crippen LogP contribution in [0.3, 0.4) is 0 Å². The molecule has 1 saturated carbocycles. The number of nitrogens with zero attached hydrogens (tertiary/aromatic N) is 1. The van der Waals surface area contributed by atoms with Crippen LogP contribution in [0.5, 0.6) is 0 Å². The number of hydrogen-bond donors (Lipinski definition) is 2. The molecule has 3 nitrogen and oxygen atoms in total. The van der Waals surface area contributed by atoms with Crippen LogP contribution in [0.2, 0.25) is 0 Å². The molecule has 0 aromatic heterocycles. The van der Waals surface area contributed by atoms with Crippen molar-refractivity contribution in [1.82, 2.24) is 4.90 Å². The molecular weight excluding hydrogens is 176 g/mol. The normalized spacial score (nSPS) is 35.6. The Hall–Kier alpha value is -0.120. The molecule has 82 valence electrons. The van der Waals surface area contributed by atoms with E-state index in [1.165, 1.54) is 38.8 Å². The first-order valence-corrected chi connectivity index (χ1v) is 5.90. The molecule has 3 heteroatoms. The summed E-state index contributed by atoms with van der Waals surface area (Å²) >= 11 is 0. The Kier molecular flexibility index (Phi) is 3.42. The summed E-state index contributed by atoms with van der Waals surface area (Å²) in [5, 5.41) is 9.20. The van der Waals surface area contributed by atoms with Gasteiger partial charge in [0, 0.05) is 25.7 Å². The van der Waals surface area contributed by atoms with Crippen LogP contribution in [-0.4, -0.2) is 42.3 Å². The zero-order chi connectivity index (χ0) is 9.97. The van der Waals surface area contributed by atoms with Gasteiger partial charge in [0.2, 0.25) is 0 Å². The second-order valence-corrected chi connectivity index (χ2v) is 4.83. The second kappa shape index (κ2) is 4.60. The van der Waals surface area contributed by atoms with E-state index in [0.29, 0.717) is 6.54 Å². The molecule has 3 unspecified atom stereocenters. The number of aliphatic hydroxyl groups excluding tert-OH is 1. The molecule has 14 heavy (non-hydrogen) atoms. The summed E-state index contributed by atoms with van der Waals surface area (Å²) in [6, 6.07) is 0.209. The lowest BCUT2D eigenvalue weighted by molar-refractivity contribution is 0.145. The van der Waals surface area contributed by atoms with Gasteiger partial charge in [-0.3, -0.25) is 4.90 Å². The lowest BCUT2D eigenvalue weighted by atomic mass is 9.82. The summed E-state index contributed by atoms with van der Waals surface area (Å²) in [4.78, 5) is 2.40. The Balaban J connectivity index is 1.91. The third kappa shape index (κ3) is 1.95. The lowest BCUT2D eigenvalue weighted by Crippen LogP contribution is -2.42. The Morgan fingerprint density at radius 1 is 1.21 bits per heavy atom. The highest BCUT2D eigenvalue weighted by atomic mass is 16.3. The number of likely N-dealkylation sites (tertiary alicyclic amines) is 1. The first kappa shape index (κ1) is 10.4. The van der Waals surface area contributed by atoms with E-state index in [1.54, 1.807) is 0 Å². The van der Waals surface area contributed by atoms with Crippen LogP contribution in [0, 0.1) is 11.8 Å². The lowest BCUT2D eigenvalue weighted by Gasteiger charge is -2.24. The van der Waals surface area contributed by atoms with Gasteiger partial charge in [0.1, 0.15) is 0 Å². The number of nitrogens with two attached hydrogens (primary N) is 1. The average molecular weight is 198 g/mol. The van der Waals surface area contributed by atoms with Crippen LogP contribution in [0.1, 0.15) is 25.7 Å². The fourth-order valence-electron chi connectivity index (χ4n) is 3.08. The quantitative estimate of drug-likeness (QED) is 0.691. The second-order valence-electron chi connectivity index (χ2n) is 4.83. The van der Waals surface area contributed by atoms with Crippen molar-refractivity contribution in [3.63, 3.8) is 0 Å². The predicted octanol–water partition coefficient (Wildman–Crippen LogP) is 0.428. The SMILES string of the molecule is NCC(CO)N1CC2CCCCC2C1. The molecule has 2 rings (SSSR count). The van der Waals surface area contributed by atoms with Crippen LogP contribution in [0.25, 0.3) is 0 Å². The van der Waals surface area contributed by atoms with E-state index >= 15 is 0 Å². The third-order valence-corrected chi connectivity index (χ3v) is 4.00. The summed E-state index contributed by atoms with van der Waals surface area (Å²) in [7, 11) is 0. The predicted molar refractivity (Wildman–Crippen MR) is 56.9 cm³/mol. The van der Waals surface area contributed by atoms with Gasteiger partial charge in [-0.2, -0.15) is 0 Å². The van der Waals surface area contributed by atoms with Crippen LogP contribution in [-0.2, 0) is 0 Å².